The van der Waals surface area contributed by atoms with Gasteiger partial charge in [0.1, 0.15) is 6.61 Å². The molecule has 0 fully saturated rings. The largest absolute Gasteiger partial charge is 0.457 e. The van der Waals surface area contributed by atoms with Crippen LogP contribution in [-0.2, 0) is 4.74 Å². The number of aromatic nitrogens is 2. The Kier molecular flexibility index (Phi) is 6.75. The molecule has 2 rings (SSSR count). The number of para-hydroxylation sites is 1. The van der Waals surface area contributed by atoms with Crippen LogP contribution in [-0.4, -0.2) is 22.4 Å². The Labute approximate surface area is 149 Å². The van der Waals surface area contributed by atoms with E-state index in [9.17, 15) is 4.79 Å². The van der Waals surface area contributed by atoms with Gasteiger partial charge in [0.05, 0.1) is 11.4 Å². The molecule has 4 heteroatoms. The Balaban J connectivity index is 1.99. The molecule has 0 atom stereocenters. The summed E-state index contributed by atoms with van der Waals surface area (Å²) in [4.78, 5) is 12.4. The van der Waals surface area contributed by atoms with Gasteiger partial charge in [0.25, 0.3) is 0 Å². The average Bonchev–Trinajstić information content (AvgIpc) is 2.97. The Hall–Kier alpha value is -2.62. The molecule has 0 amide bonds. The molecule has 0 aliphatic heterocycles. The normalized spacial score (nSPS) is 11.3. The Morgan fingerprint density at radius 1 is 1.16 bits per heavy atom. The standard InChI is InChI=1S/C21H26N2O2/c1-16(2)9-8-10-17(3)13-14-25-21(24)20-15-18(4)22-23(20)19-11-6-5-7-12-19/h5-7,9,11-13,15H,8,10,14H2,1-4H3/b17-13+. The molecule has 1 aromatic carbocycles. The van der Waals surface area contributed by atoms with Gasteiger partial charge in [-0.05, 0) is 64.8 Å². The smallest absolute Gasteiger partial charge is 0.357 e. The zero-order chi connectivity index (χ0) is 18.2. The molecule has 0 aliphatic rings. The number of benzene rings is 1. The minimum absolute atomic E-state index is 0.276. The van der Waals surface area contributed by atoms with Crippen molar-refractivity contribution >= 4 is 5.97 Å². The van der Waals surface area contributed by atoms with Crippen molar-refractivity contribution in [1.82, 2.24) is 9.78 Å². The molecule has 1 heterocycles. The van der Waals surface area contributed by atoms with Crippen LogP contribution >= 0.6 is 0 Å². The van der Waals surface area contributed by atoms with Gasteiger partial charge in [-0.1, -0.05) is 35.4 Å². The average molecular weight is 338 g/mol. The second kappa shape index (κ2) is 9.02. The molecule has 1 aromatic heterocycles. The molecule has 0 N–H and O–H groups in total. The van der Waals surface area contributed by atoms with Crippen molar-refractivity contribution in [3.63, 3.8) is 0 Å². The number of rotatable bonds is 7. The van der Waals surface area contributed by atoms with Crippen LogP contribution in [0.1, 0.15) is 49.8 Å². The summed E-state index contributed by atoms with van der Waals surface area (Å²) in [5.74, 6) is -0.363. The molecular formula is C21H26N2O2. The zero-order valence-electron chi connectivity index (χ0n) is 15.5. The first-order valence-corrected chi connectivity index (χ1v) is 8.55. The SMILES string of the molecule is CC(C)=CCC/C(C)=C/COC(=O)c1cc(C)nn1-c1ccccc1. The summed E-state index contributed by atoms with van der Waals surface area (Å²) in [6.45, 7) is 8.39. The van der Waals surface area contributed by atoms with E-state index in [1.54, 1.807) is 10.7 Å². The summed E-state index contributed by atoms with van der Waals surface area (Å²) in [5, 5.41) is 4.40. The minimum Gasteiger partial charge on any atom is -0.457 e. The third-order valence-corrected chi connectivity index (χ3v) is 3.78. The summed E-state index contributed by atoms with van der Waals surface area (Å²) in [7, 11) is 0. The van der Waals surface area contributed by atoms with Crippen LogP contribution in [0.2, 0.25) is 0 Å². The molecule has 25 heavy (non-hydrogen) atoms. The monoisotopic (exact) mass is 338 g/mol. The van der Waals surface area contributed by atoms with E-state index in [2.05, 4.69) is 31.9 Å². The first-order chi connectivity index (χ1) is 12.0. The number of hydrogen-bond donors (Lipinski definition) is 0. The van der Waals surface area contributed by atoms with Gasteiger partial charge in [-0.3, -0.25) is 0 Å². The van der Waals surface area contributed by atoms with Crippen molar-refractivity contribution in [3.05, 3.63) is 71.1 Å². The van der Waals surface area contributed by atoms with Crippen molar-refractivity contribution in [2.75, 3.05) is 6.61 Å². The Bertz CT molecular complexity index is 766. The van der Waals surface area contributed by atoms with E-state index in [-0.39, 0.29) is 12.6 Å². The minimum atomic E-state index is -0.363. The highest BCUT2D eigenvalue weighted by Gasteiger charge is 2.16. The molecular weight excluding hydrogens is 312 g/mol. The van der Waals surface area contributed by atoms with Gasteiger partial charge in [-0.2, -0.15) is 5.10 Å². The highest BCUT2D eigenvalue weighted by Crippen LogP contribution is 2.14. The topological polar surface area (TPSA) is 44.1 Å². The maximum atomic E-state index is 12.4. The van der Waals surface area contributed by atoms with Gasteiger partial charge >= 0.3 is 5.97 Å². The van der Waals surface area contributed by atoms with E-state index in [0.717, 1.165) is 24.2 Å². The van der Waals surface area contributed by atoms with E-state index in [0.29, 0.717) is 5.69 Å². The van der Waals surface area contributed by atoms with Crippen molar-refractivity contribution < 1.29 is 9.53 Å². The number of esters is 1. The molecule has 0 saturated heterocycles. The van der Waals surface area contributed by atoms with E-state index in [1.807, 2.05) is 43.3 Å². The van der Waals surface area contributed by atoms with Gasteiger partial charge in [0.2, 0.25) is 0 Å². The lowest BCUT2D eigenvalue weighted by Crippen LogP contribution is -2.12. The summed E-state index contributed by atoms with van der Waals surface area (Å²) in [6, 6.07) is 11.3. The molecule has 4 nitrogen and oxygen atoms in total. The first kappa shape index (κ1) is 18.7. The molecule has 2 aromatic rings. The van der Waals surface area contributed by atoms with Gasteiger partial charge < -0.3 is 4.74 Å². The summed E-state index contributed by atoms with van der Waals surface area (Å²) in [6.07, 6.45) is 6.17. The number of carbonyl (C=O) groups excluding carboxylic acids is 1. The van der Waals surface area contributed by atoms with Crippen LogP contribution in [0.4, 0.5) is 0 Å². The lowest BCUT2D eigenvalue weighted by atomic mass is 10.1. The third kappa shape index (κ3) is 5.75. The van der Waals surface area contributed by atoms with Gasteiger partial charge in [-0.25, -0.2) is 9.48 Å². The molecule has 132 valence electrons. The molecule has 0 saturated carbocycles. The van der Waals surface area contributed by atoms with Crippen LogP contribution in [0.3, 0.4) is 0 Å². The number of hydrogen-bond acceptors (Lipinski definition) is 3. The van der Waals surface area contributed by atoms with Crippen LogP contribution in [0.15, 0.2) is 59.7 Å². The fraction of sp³-hybridized carbons (Fsp3) is 0.333. The van der Waals surface area contributed by atoms with Gasteiger partial charge in [0.15, 0.2) is 5.69 Å². The van der Waals surface area contributed by atoms with Crippen LogP contribution < -0.4 is 0 Å². The quantitative estimate of drug-likeness (QED) is 0.525. The predicted molar refractivity (Wildman–Crippen MR) is 101 cm³/mol. The molecule has 0 bridgehead atoms. The fourth-order valence-electron chi connectivity index (χ4n) is 2.44. The van der Waals surface area contributed by atoms with Crippen molar-refractivity contribution in [3.8, 4) is 5.69 Å². The maximum absolute atomic E-state index is 12.4. The van der Waals surface area contributed by atoms with E-state index in [4.69, 9.17) is 4.74 Å². The maximum Gasteiger partial charge on any atom is 0.357 e. The summed E-state index contributed by atoms with van der Waals surface area (Å²) >= 11 is 0. The van der Waals surface area contributed by atoms with Gasteiger partial charge in [-0.15, -0.1) is 0 Å². The molecule has 0 unspecified atom stereocenters. The van der Waals surface area contributed by atoms with Crippen molar-refractivity contribution in [2.24, 2.45) is 0 Å². The van der Waals surface area contributed by atoms with Crippen LogP contribution in [0, 0.1) is 6.92 Å². The molecule has 0 spiro atoms. The number of allylic oxidation sites excluding steroid dienone is 3. The number of nitrogens with zero attached hydrogens (tertiary/aromatic N) is 2. The van der Waals surface area contributed by atoms with Crippen molar-refractivity contribution in [1.29, 1.82) is 0 Å². The second-order valence-corrected chi connectivity index (χ2v) is 6.39. The lowest BCUT2D eigenvalue weighted by Gasteiger charge is -2.07. The van der Waals surface area contributed by atoms with Gasteiger partial charge in [0, 0.05) is 0 Å². The molecule has 0 aliphatic carbocycles. The lowest BCUT2D eigenvalue weighted by molar-refractivity contribution is 0.0538. The van der Waals surface area contributed by atoms with E-state index in [1.165, 1.54) is 11.1 Å². The Morgan fingerprint density at radius 3 is 2.56 bits per heavy atom. The highest BCUT2D eigenvalue weighted by molar-refractivity contribution is 5.88. The number of ether oxygens (including phenoxy) is 1. The third-order valence-electron chi connectivity index (χ3n) is 3.78. The predicted octanol–water partition coefficient (Wildman–Crippen LogP) is 5.03. The Morgan fingerprint density at radius 2 is 1.88 bits per heavy atom. The number of aryl methyl sites for hydroxylation is 1. The highest BCUT2D eigenvalue weighted by atomic mass is 16.5. The van der Waals surface area contributed by atoms with Crippen LogP contribution in [0.25, 0.3) is 5.69 Å². The zero-order valence-corrected chi connectivity index (χ0v) is 15.5. The summed E-state index contributed by atoms with van der Waals surface area (Å²) < 4.78 is 7.04. The van der Waals surface area contributed by atoms with E-state index >= 15 is 0 Å². The fourth-order valence-corrected chi connectivity index (χ4v) is 2.44. The number of carbonyl (C=O) groups is 1. The second-order valence-electron chi connectivity index (χ2n) is 6.39. The molecule has 0 radical (unpaired) electrons. The summed E-state index contributed by atoms with van der Waals surface area (Å²) in [5.41, 5.74) is 4.61. The first-order valence-electron chi connectivity index (χ1n) is 8.55. The van der Waals surface area contributed by atoms with Crippen molar-refractivity contribution in [2.45, 2.75) is 40.5 Å². The van der Waals surface area contributed by atoms with E-state index < -0.39 is 0 Å². The van der Waals surface area contributed by atoms with Crippen LogP contribution in [0.5, 0.6) is 0 Å².